The normalized spacial score (nSPS) is 10.3. The highest BCUT2D eigenvalue weighted by atomic mass is 35.5. The van der Waals surface area contributed by atoms with E-state index in [0.29, 0.717) is 5.56 Å². The van der Waals surface area contributed by atoms with Crippen LogP contribution in [0.2, 0.25) is 5.02 Å². The lowest BCUT2D eigenvalue weighted by molar-refractivity contribution is 0.0988. The van der Waals surface area contributed by atoms with E-state index < -0.39 is 5.82 Å². The molecule has 2 rings (SSSR count). The second-order valence-corrected chi connectivity index (χ2v) is 4.28. The predicted molar refractivity (Wildman–Crippen MR) is 70.2 cm³/mol. The summed E-state index contributed by atoms with van der Waals surface area (Å²) in [5.41, 5.74) is 0.577. The highest BCUT2D eigenvalue weighted by molar-refractivity contribution is 6.30. The lowest BCUT2D eigenvalue weighted by atomic mass is 10.0. The number of aromatic nitrogens is 1. The average Bonchev–Trinajstić information content (AvgIpc) is 2.43. The minimum absolute atomic E-state index is 0.00320. The van der Waals surface area contributed by atoms with Crippen molar-refractivity contribution in [3.8, 4) is 5.88 Å². The molecular formula is C14H11ClFNO2. The Morgan fingerprint density at radius 1 is 1.37 bits per heavy atom. The van der Waals surface area contributed by atoms with Crippen molar-refractivity contribution in [2.24, 2.45) is 0 Å². The minimum Gasteiger partial charge on any atom is -0.480 e. The SMILES string of the molecule is COc1ncccc1C(=O)Cc1cccc(Cl)c1F. The molecular weight excluding hydrogens is 269 g/mol. The summed E-state index contributed by atoms with van der Waals surface area (Å²) < 4.78 is 18.7. The lowest BCUT2D eigenvalue weighted by Crippen LogP contribution is -2.08. The van der Waals surface area contributed by atoms with Crippen LogP contribution in [0.25, 0.3) is 0 Å². The maximum Gasteiger partial charge on any atom is 0.224 e. The number of rotatable bonds is 4. The predicted octanol–water partition coefficient (Wildman–Crippen LogP) is 3.31. The van der Waals surface area contributed by atoms with Crippen molar-refractivity contribution in [3.05, 3.63) is 58.5 Å². The number of ether oxygens (including phenoxy) is 1. The number of carbonyl (C=O) groups is 1. The second-order valence-electron chi connectivity index (χ2n) is 3.87. The van der Waals surface area contributed by atoms with E-state index in [2.05, 4.69) is 4.98 Å². The fourth-order valence-corrected chi connectivity index (χ4v) is 1.91. The summed E-state index contributed by atoms with van der Waals surface area (Å²) in [5.74, 6) is -0.610. The molecule has 0 unspecified atom stereocenters. The number of hydrogen-bond acceptors (Lipinski definition) is 3. The summed E-state index contributed by atoms with van der Waals surface area (Å²) >= 11 is 5.68. The standard InChI is InChI=1S/C14H11ClFNO2/c1-19-14-10(5-3-7-17-14)12(18)8-9-4-2-6-11(15)13(9)16/h2-7H,8H2,1H3. The van der Waals surface area contributed by atoms with E-state index in [1.165, 1.54) is 25.4 Å². The van der Waals surface area contributed by atoms with Gasteiger partial charge in [0.15, 0.2) is 5.78 Å². The van der Waals surface area contributed by atoms with Crippen LogP contribution in [0.3, 0.4) is 0 Å². The lowest BCUT2D eigenvalue weighted by Gasteiger charge is -2.07. The first-order chi connectivity index (χ1) is 9.13. The van der Waals surface area contributed by atoms with Crippen molar-refractivity contribution in [2.75, 3.05) is 7.11 Å². The van der Waals surface area contributed by atoms with Crippen LogP contribution in [0.5, 0.6) is 5.88 Å². The Balaban J connectivity index is 2.28. The Bertz CT molecular complexity index is 616. The van der Waals surface area contributed by atoms with Gasteiger partial charge in [0.05, 0.1) is 17.7 Å². The number of methoxy groups -OCH3 is 1. The van der Waals surface area contributed by atoms with E-state index in [1.54, 1.807) is 18.2 Å². The van der Waals surface area contributed by atoms with Crippen molar-refractivity contribution in [1.82, 2.24) is 4.98 Å². The van der Waals surface area contributed by atoms with E-state index in [4.69, 9.17) is 16.3 Å². The molecule has 0 radical (unpaired) electrons. The van der Waals surface area contributed by atoms with Gasteiger partial charge in [0.25, 0.3) is 0 Å². The molecule has 19 heavy (non-hydrogen) atoms. The zero-order valence-corrected chi connectivity index (χ0v) is 10.9. The Hall–Kier alpha value is -1.94. The van der Waals surface area contributed by atoms with Crippen molar-refractivity contribution >= 4 is 17.4 Å². The molecule has 98 valence electrons. The average molecular weight is 280 g/mol. The van der Waals surface area contributed by atoms with Crippen LogP contribution in [0.4, 0.5) is 4.39 Å². The summed E-state index contributed by atoms with van der Waals surface area (Å²) in [6.07, 6.45) is 1.43. The third kappa shape index (κ3) is 2.90. The van der Waals surface area contributed by atoms with Gasteiger partial charge < -0.3 is 4.74 Å². The summed E-state index contributed by atoms with van der Waals surface area (Å²) in [5, 5.41) is 0.00320. The molecule has 0 saturated carbocycles. The van der Waals surface area contributed by atoms with Gasteiger partial charge in [-0.15, -0.1) is 0 Å². The third-order valence-electron chi connectivity index (χ3n) is 2.65. The molecule has 0 amide bonds. The highest BCUT2D eigenvalue weighted by Crippen LogP contribution is 2.21. The van der Waals surface area contributed by atoms with Crippen LogP contribution in [0.1, 0.15) is 15.9 Å². The molecule has 0 fully saturated rings. The van der Waals surface area contributed by atoms with Crippen LogP contribution in [-0.4, -0.2) is 17.9 Å². The maximum absolute atomic E-state index is 13.7. The number of carbonyl (C=O) groups excluding carboxylic acids is 1. The van der Waals surface area contributed by atoms with Gasteiger partial charge in [0, 0.05) is 12.6 Å². The molecule has 5 heteroatoms. The number of halogens is 2. The Morgan fingerprint density at radius 2 is 2.16 bits per heavy atom. The summed E-state index contributed by atoms with van der Waals surface area (Å²) in [7, 11) is 1.43. The molecule has 0 saturated heterocycles. The van der Waals surface area contributed by atoms with E-state index in [0.717, 1.165) is 0 Å². The number of nitrogens with zero attached hydrogens (tertiary/aromatic N) is 1. The zero-order chi connectivity index (χ0) is 13.8. The van der Waals surface area contributed by atoms with Gasteiger partial charge in [0.1, 0.15) is 5.82 Å². The molecule has 0 spiro atoms. The van der Waals surface area contributed by atoms with Crippen molar-refractivity contribution in [1.29, 1.82) is 0 Å². The Kier molecular flexibility index (Phi) is 4.12. The van der Waals surface area contributed by atoms with Gasteiger partial charge in [-0.05, 0) is 23.8 Å². The van der Waals surface area contributed by atoms with E-state index in [-0.39, 0.29) is 28.7 Å². The van der Waals surface area contributed by atoms with Crippen molar-refractivity contribution in [3.63, 3.8) is 0 Å². The van der Waals surface area contributed by atoms with Crippen LogP contribution in [-0.2, 0) is 6.42 Å². The van der Waals surface area contributed by atoms with Crippen LogP contribution < -0.4 is 4.74 Å². The van der Waals surface area contributed by atoms with E-state index >= 15 is 0 Å². The van der Waals surface area contributed by atoms with Crippen molar-refractivity contribution < 1.29 is 13.9 Å². The number of pyridine rings is 1. The first kappa shape index (κ1) is 13.5. The van der Waals surface area contributed by atoms with Gasteiger partial charge in [-0.2, -0.15) is 0 Å². The number of benzene rings is 1. The topological polar surface area (TPSA) is 39.2 Å². The molecule has 0 atom stereocenters. The molecule has 0 aliphatic rings. The smallest absolute Gasteiger partial charge is 0.224 e. The van der Waals surface area contributed by atoms with Gasteiger partial charge >= 0.3 is 0 Å². The fraction of sp³-hybridized carbons (Fsp3) is 0.143. The van der Waals surface area contributed by atoms with Gasteiger partial charge in [-0.3, -0.25) is 4.79 Å². The fourth-order valence-electron chi connectivity index (χ4n) is 1.72. The van der Waals surface area contributed by atoms with E-state index in [1.807, 2.05) is 0 Å². The van der Waals surface area contributed by atoms with Crippen LogP contribution >= 0.6 is 11.6 Å². The van der Waals surface area contributed by atoms with E-state index in [9.17, 15) is 9.18 Å². The molecule has 2 aromatic rings. The minimum atomic E-state index is -0.569. The van der Waals surface area contributed by atoms with Gasteiger partial charge in [-0.1, -0.05) is 23.7 Å². The molecule has 1 heterocycles. The Labute approximate surface area is 115 Å². The molecule has 0 aliphatic heterocycles. The molecule has 3 nitrogen and oxygen atoms in total. The quantitative estimate of drug-likeness (QED) is 0.806. The largest absolute Gasteiger partial charge is 0.480 e. The van der Waals surface area contributed by atoms with Crippen LogP contribution in [0.15, 0.2) is 36.5 Å². The van der Waals surface area contributed by atoms with Gasteiger partial charge in [0.2, 0.25) is 5.88 Å². The Morgan fingerprint density at radius 3 is 2.89 bits per heavy atom. The molecule has 0 bridgehead atoms. The monoisotopic (exact) mass is 279 g/mol. The molecule has 0 aliphatic carbocycles. The molecule has 0 N–H and O–H groups in total. The maximum atomic E-state index is 13.7. The first-order valence-electron chi connectivity index (χ1n) is 5.58. The highest BCUT2D eigenvalue weighted by Gasteiger charge is 2.16. The summed E-state index contributed by atoms with van der Waals surface area (Å²) in [6, 6.07) is 7.80. The second kappa shape index (κ2) is 5.80. The third-order valence-corrected chi connectivity index (χ3v) is 2.94. The summed E-state index contributed by atoms with van der Waals surface area (Å²) in [4.78, 5) is 16.1. The van der Waals surface area contributed by atoms with Crippen molar-refractivity contribution in [2.45, 2.75) is 6.42 Å². The molecule has 1 aromatic carbocycles. The number of hydrogen-bond donors (Lipinski definition) is 0. The number of ketones is 1. The van der Waals surface area contributed by atoms with Crippen LogP contribution in [0, 0.1) is 5.82 Å². The zero-order valence-electron chi connectivity index (χ0n) is 10.2. The molecule has 1 aromatic heterocycles. The van der Waals surface area contributed by atoms with Gasteiger partial charge in [-0.25, -0.2) is 9.37 Å². The first-order valence-corrected chi connectivity index (χ1v) is 5.96. The number of Topliss-reactive ketones (excluding diaryl/α,β-unsaturated/α-hetero) is 1. The summed E-state index contributed by atoms with van der Waals surface area (Å²) in [6.45, 7) is 0.